The van der Waals surface area contributed by atoms with Gasteiger partial charge in [-0.15, -0.1) is 0 Å². The average Bonchev–Trinajstić information content (AvgIpc) is 3.24. The third-order valence-electron chi connectivity index (χ3n) is 4.50. The zero-order valence-corrected chi connectivity index (χ0v) is 11.7. The van der Waals surface area contributed by atoms with Gasteiger partial charge in [-0.3, -0.25) is 4.79 Å². The van der Waals surface area contributed by atoms with E-state index in [0.29, 0.717) is 17.8 Å². The summed E-state index contributed by atoms with van der Waals surface area (Å²) in [6.45, 7) is 0. The second kappa shape index (κ2) is 5.04. The van der Waals surface area contributed by atoms with Crippen LogP contribution >= 0.6 is 0 Å². The topological polar surface area (TPSA) is 54.3 Å². The lowest BCUT2D eigenvalue weighted by Gasteiger charge is -2.20. The summed E-state index contributed by atoms with van der Waals surface area (Å²) in [6, 6.07) is 14.7. The Morgan fingerprint density at radius 2 is 2.00 bits per heavy atom. The van der Waals surface area contributed by atoms with E-state index in [1.54, 1.807) is 6.07 Å². The Hall–Kier alpha value is -2.07. The lowest BCUT2D eigenvalue weighted by molar-refractivity contribution is 0.0903. The molecule has 0 aliphatic carbocycles. The molecule has 2 N–H and O–H groups in total. The SMILES string of the molecule is O=C(N[C@@H]1CC2CCC1N2)c1ccc(-c2ccccc2)o1. The summed E-state index contributed by atoms with van der Waals surface area (Å²) >= 11 is 0. The molecule has 2 unspecified atom stereocenters. The smallest absolute Gasteiger partial charge is 0.287 e. The molecule has 2 saturated heterocycles. The van der Waals surface area contributed by atoms with E-state index in [2.05, 4.69) is 10.6 Å². The fourth-order valence-electron chi connectivity index (χ4n) is 3.44. The molecular formula is C17H18N2O2. The van der Waals surface area contributed by atoms with Gasteiger partial charge in [-0.1, -0.05) is 30.3 Å². The van der Waals surface area contributed by atoms with Crippen molar-refractivity contribution >= 4 is 5.91 Å². The predicted molar refractivity (Wildman–Crippen MR) is 80.0 cm³/mol. The Bertz CT molecular complexity index is 650. The van der Waals surface area contributed by atoms with E-state index < -0.39 is 0 Å². The fourth-order valence-corrected chi connectivity index (χ4v) is 3.44. The number of carbonyl (C=O) groups is 1. The Kier molecular flexibility index (Phi) is 3.04. The molecule has 1 aromatic heterocycles. The highest BCUT2D eigenvalue weighted by molar-refractivity contribution is 5.92. The van der Waals surface area contributed by atoms with Gasteiger partial charge in [0.25, 0.3) is 5.91 Å². The minimum atomic E-state index is -0.114. The number of nitrogens with one attached hydrogen (secondary N) is 2. The molecule has 2 aromatic rings. The zero-order chi connectivity index (χ0) is 14.2. The van der Waals surface area contributed by atoms with Crippen LogP contribution in [0, 0.1) is 0 Å². The third kappa shape index (κ3) is 2.36. The van der Waals surface area contributed by atoms with Crippen molar-refractivity contribution in [3.05, 3.63) is 48.2 Å². The van der Waals surface area contributed by atoms with Crippen LogP contribution in [0.1, 0.15) is 29.8 Å². The van der Waals surface area contributed by atoms with Gasteiger partial charge in [-0.2, -0.15) is 0 Å². The molecule has 2 fully saturated rings. The zero-order valence-electron chi connectivity index (χ0n) is 11.7. The van der Waals surface area contributed by atoms with E-state index in [0.717, 1.165) is 24.2 Å². The van der Waals surface area contributed by atoms with E-state index in [-0.39, 0.29) is 11.9 Å². The first kappa shape index (κ1) is 12.7. The van der Waals surface area contributed by atoms with Gasteiger partial charge >= 0.3 is 0 Å². The van der Waals surface area contributed by atoms with Crippen LogP contribution in [0.3, 0.4) is 0 Å². The molecule has 1 aromatic carbocycles. The van der Waals surface area contributed by atoms with Crippen molar-refractivity contribution in [3.8, 4) is 11.3 Å². The number of hydrogen-bond donors (Lipinski definition) is 2. The van der Waals surface area contributed by atoms with Crippen molar-refractivity contribution < 1.29 is 9.21 Å². The summed E-state index contributed by atoms with van der Waals surface area (Å²) in [6.07, 6.45) is 3.42. The molecule has 0 radical (unpaired) electrons. The number of amides is 1. The molecular weight excluding hydrogens is 264 g/mol. The quantitative estimate of drug-likeness (QED) is 0.909. The summed E-state index contributed by atoms with van der Waals surface area (Å²) in [7, 11) is 0. The van der Waals surface area contributed by atoms with Crippen molar-refractivity contribution in [1.82, 2.24) is 10.6 Å². The van der Waals surface area contributed by atoms with E-state index in [4.69, 9.17) is 4.42 Å². The standard InChI is InChI=1S/C17H18N2O2/c20-17(19-14-10-12-6-7-13(14)18-12)16-9-8-15(21-16)11-4-2-1-3-5-11/h1-5,8-9,12-14,18H,6-7,10H2,(H,19,20)/t12?,13?,14-/m1/s1. The van der Waals surface area contributed by atoms with E-state index in [1.807, 2.05) is 36.4 Å². The Morgan fingerprint density at radius 3 is 2.71 bits per heavy atom. The van der Waals surface area contributed by atoms with Crippen LogP contribution in [-0.2, 0) is 0 Å². The molecule has 3 heterocycles. The molecule has 4 nitrogen and oxygen atoms in total. The summed E-state index contributed by atoms with van der Waals surface area (Å²) in [5, 5.41) is 6.62. The summed E-state index contributed by atoms with van der Waals surface area (Å²) in [5.74, 6) is 1.000. The van der Waals surface area contributed by atoms with Gasteiger partial charge in [0.15, 0.2) is 5.76 Å². The second-order valence-corrected chi connectivity index (χ2v) is 5.89. The number of fused-ring (bicyclic) bond motifs is 2. The van der Waals surface area contributed by atoms with Crippen LogP contribution in [0.2, 0.25) is 0 Å². The van der Waals surface area contributed by atoms with Gasteiger partial charge in [0.05, 0.1) is 0 Å². The lowest BCUT2D eigenvalue weighted by Crippen LogP contribution is -2.42. The molecule has 1 amide bonds. The lowest BCUT2D eigenvalue weighted by atomic mass is 9.95. The highest BCUT2D eigenvalue weighted by atomic mass is 16.3. The van der Waals surface area contributed by atoms with E-state index in [9.17, 15) is 4.79 Å². The monoisotopic (exact) mass is 282 g/mol. The molecule has 2 bridgehead atoms. The predicted octanol–water partition coefficient (Wildman–Crippen LogP) is 2.57. The first-order chi connectivity index (χ1) is 10.3. The molecule has 0 saturated carbocycles. The minimum absolute atomic E-state index is 0.114. The molecule has 2 aliphatic heterocycles. The third-order valence-corrected chi connectivity index (χ3v) is 4.50. The molecule has 2 aliphatic rings. The number of hydrogen-bond acceptors (Lipinski definition) is 3. The molecule has 4 heteroatoms. The Balaban J connectivity index is 1.47. The second-order valence-electron chi connectivity index (χ2n) is 5.89. The molecule has 3 atom stereocenters. The van der Waals surface area contributed by atoms with E-state index >= 15 is 0 Å². The average molecular weight is 282 g/mol. The van der Waals surface area contributed by atoms with Crippen LogP contribution in [-0.4, -0.2) is 24.0 Å². The Labute approximate surface area is 123 Å². The molecule has 0 spiro atoms. The molecule has 21 heavy (non-hydrogen) atoms. The van der Waals surface area contributed by atoms with Crippen LogP contribution in [0.15, 0.2) is 46.9 Å². The van der Waals surface area contributed by atoms with Crippen molar-refractivity contribution in [2.75, 3.05) is 0 Å². The number of benzene rings is 1. The maximum Gasteiger partial charge on any atom is 0.287 e. The first-order valence-corrected chi connectivity index (χ1v) is 7.52. The van der Waals surface area contributed by atoms with Crippen LogP contribution in [0.5, 0.6) is 0 Å². The Morgan fingerprint density at radius 1 is 1.14 bits per heavy atom. The van der Waals surface area contributed by atoms with Gasteiger partial charge in [-0.25, -0.2) is 0 Å². The van der Waals surface area contributed by atoms with Crippen LogP contribution in [0.25, 0.3) is 11.3 Å². The largest absolute Gasteiger partial charge is 0.451 e. The maximum absolute atomic E-state index is 12.3. The van der Waals surface area contributed by atoms with Crippen LogP contribution in [0.4, 0.5) is 0 Å². The van der Waals surface area contributed by atoms with Gasteiger partial charge in [-0.05, 0) is 31.4 Å². The summed E-state index contributed by atoms with van der Waals surface area (Å²) in [5.41, 5.74) is 0.984. The van der Waals surface area contributed by atoms with Gasteiger partial charge in [0.1, 0.15) is 5.76 Å². The number of rotatable bonds is 3. The van der Waals surface area contributed by atoms with Crippen LogP contribution < -0.4 is 10.6 Å². The summed E-state index contributed by atoms with van der Waals surface area (Å²) < 4.78 is 5.69. The van der Waals surface area contributed by atoms with Gasteiger partial charge in [0, 0.05) is 23.7 Å². The number of furan rings is 1. The van der Waals surface area contributed by atoms with Crippen molar-refractivity contribution in [2.45, 2.75) is 37.4 Å². The van der Waals surface area contributed by atoms with Gasteiger partial charge in [0.2, 0.25) is 0 Å². The molecule has 4 rings (SSSR count). The molecule has 108 valence electrons. The van der Waals surface area contributed by atoms with E-state index in [1.165, 1.54) is 6.42 Å². The van der Waals surface area contributed by atoms with Crippen molar-refractivity contribution in [1.29, 1.82) is 0 Å². The van der Waals surface area contributed by atoms with Gasteiger partial charge < -0.3 is 15.1 Å². The highest BCUT2D eigenvalue weighted by Crippen LogP contribution is 2.28. The first-order valence-electron chi connectivity index (χ1n) is 7.52. The van der Waals surface area contributed by atoms with Crippen molar-refractivity contribution in [2.24, 2.45) is 0 Å². The maximum atomic E-state index is 12.3. The number of carbonyl (C=O) groups excluding carboxylic acids is 1. The normalized spacial score (nSPS) is 27.0. The van der Waals surface area contributed by atoms with Crippen molar-refractivity contribution in [3.63, 3.8) is 0 Å². The minimum Gasteiger partial charge on any atom is -0.451 e. The highest BCUT2D eigenvalue weighted by Gasteiger charge is 2.39. The fraction of sp³-hybridized carbons (Fsp3) is 0.353. The summed E-state index contributed by atoms with van der Waals surface area (Å²) in [4.78, 5) is 12.3.